The van der Waals surface area contributed by atoms with E-state index < -0.39 is 5.82 Å². The molecule has 0 bridgehead atoms. The third kappa shape index (κ3) is 3.12. The fraction of sp³-hybridized carbons (Fsp3) is 0.0667. The zero-order chi connectivity index (χ0) is 14.5. The van der Waals surface area contributed by atoms with E-state index in [9.17, 15) is 9.18 Å². The first-order chi connectivity index (χ1) is 9.60. The molecule has 2 amide bonds. The van der Waals surface area contributed by atoms with Crippen molar-refractivity contribution >= 4 is 17.4 Å². The van der Waals surface area contributed by atoms with Crippen LogP contribution >= 0.6 is 0 Å². The van der Waals surface area contributed by atoms with Gasteiger partial charge < -0.3 is 5.32 Å². The van der Waals surface area contributed by atoms with Crippen LogP contribution in [0.15, 0.2) is 48.5 Å². The maximum absolute atomic E-state index is 13.0. The fourth-order valence-corrected chi connectivity index (χ4v) is 1.65. The lowest BCUT2D eigenvalue weighted by molar-refractivity contribution is 0.258. The number of carbonyl (C=O) groups excluding carboxylic acids is 1. The Morgan fingerprint density at radius 1 is 1.25 bits per heavy atom. The molecule has 0 unspecified atom stereocenters. The smallest absolute Gasteiger partial charge is 0.307 e. The Bertz CT molecular complexity index is 662. The summed E-state index contributed by atoms with van der Waals surface area (Å²) >= 11 is 0. The van der Waals surface area contributed by atoms with Gasteiger partial charge in [-0.1, -0.05) is 6.07 Å². The molecule has 5 heteroatoms. The van der Waals surface area contributed by atoms with Crippen LogP contribution in [0.1, 0.15) is 5.56 Å². The average molecular weight is 269 g/mol. The quantitative estimate of drug-likeness (QED) is 0.908. The molecule has 2 rings (SSSR count). The van der Waals surface area contributed by atoms with E-state index in [0.717, 1.165) is 0 Å². The number of nitriles is 1. The zero-order valence-corrected chi connectivity index (χ0v) is 10.8. The molecule has 0 aliphatic carbocycles. The lowest BCUT2D eigenvalue weighted by atomic mass is 10.2. The second kappa shape index (κ2) is 5.85. The predicted molar refractivity (Wildman–Crippen MR) is 75.0 cm³/mol. The number of hydrogen-bond donors (Lipinski definition) is 1. The van der Waals surface area contributed by atoms with Crippen LogP contribution in [-0.2, 0) is 0 Å². The van der Waals surface area contributed by atoms with Crippen molar-refractivity contribution in [1.82, 2.24) is 0 Å². The van der Waals surface area contributed by atoms with Gasteiger partial charge in [0.15, 0.2) is 0 Å². The predicted octanol–water partition coefficient (Wildman–Crippen LogP) is 3.37. The van der Waals surface area contributed by atoms with E-state index in [1.54, 1.807) is 37.4 Å². The minimum absolute atomic E-state index is 0.385. The molecule has 0 spiro atoms. The summed E-state index contributed by atoms with van der Waals surface area (Å²) in [6.07, 6.45) is 0. The average Bonchev–Trinajstić information content (AvgIpc) is 2.46. The molecule has 4 nitrogen and oxygen atoms in total. The van der Waals surface area contributed by atoms with Gasteiger partial charge in [-0.25, -0.2) is 9.18 Å². The Morgan fingerprint density at radius 3 is 2.55 bits per heavy atom. The van der Waals surface area contributed by atoms with E-state index in [4.69, 9.17) is 5.26 Å². The molecule has 0 saturated heterocycles. The van der Waals surface area contributed by atoms with Crippen molar-refractivity contribution in [3.05, 3.63) is 59.9 Å². The van der Waals surface area contributed by atoms with E-state index in [2.05, 4.69) is 5.32 Å². The molecule has 20 heavy (non-hydrogen) atoms. The summed E-state index contributed by atoms with van der Waals surface area (Å²) in [6.45, 7) is 0. The Labute approximate surface area is 116 Å². The van der Waals surface area contributed by atoms with Gasteiger partial charge in [0, 0.05) is 18.4 Å². The summed E-state index contributed by atoms with van der Waals surface area (Å²) in [4.78, 5) is 13.4. The summed E-state index contributed by atoms with van der Waals surface area (Å²) < 4.78 is 13.0. The lowest BCUT2D eigenvalue weighted by Gasteiger charge is -2.18. The molecule has 0 saturated carbocycles. The highest BCUT2D eigenvalue weighted by molar-refractivity contribution is 6.01. The van der Waals surface area contributed by atoms with Crippen molar-refractivity contribution in [2.24, 2.45) is 0 Å². The van der Waals surface area contributed by atoms with E-state index in [0.29, 0.717) is 16.9 Å². The number of carbonyl (C=O) groups is 1. The Morgan fingerprint density at radius 2 is 1.95 bits per heavy atom. The molecule has 2 aromatic rings. The van der Waals surface area contributed by atoms with Crippen LogP contribution in [0.3, 0.4) is 0 Å². The van der Waals surface area contributed by atoms with E-state index in [1.165, 1.54) is 23.1 Å². The number of nitrogens with zero attached hydrogens (tertiary/aromatic N) is 2. The second-order valence-corrected chi connectivity index (χ2v) is 4.16. The highest BCUT2D eigenvalue weighted by atomic mass is 19.1. The third-order valence-electron chi connectivity index (χ3n) is 2.76. The van der Waals surface area contributed by atoms with Crippen LogP contribution in [0.25, 0.3) is 0 Å². The van der Waals surface area contributed by atoms with Crippen molar-refractivity contribution in [2.75, 3.05) is 17.3 Å². The van der Waals surface area contributed by atoms with E-state index >= 15 is 0 Å². The summed E-state index contributed by atoms with van der Waals surface area (Å²) in [5.41, 5.74) is 1.54. The number of benzene rings is 2. The summed E-state index contributed by atoms with van der Waals surface area (Å²) in [6, 6.07) is 13.9. The molecule has 0 aromatic heterocycles. The first-order valence-electron chi connectivity index (χ1n) is 5.90. The number of halogens is 1. The molecule has 0 atom stereocenters. The molecule has 0 fully saturated rings. The highest BCUT2D eigenvalue weighted by Crippen LogP contribution is 2.16. The summed E-state index contributed by atoms with van der Waals surface area (Å²) in [5.74, 6) is -0.413. The molecule has 0 heterocycles. The minimum atomic E-state index is -0.413. The minimum Gasteiger partial charge on any atom is -0.307 e. The Hall–Kier alpha value is -2.87. The molecule has 0 radical (unpaired) electrons. The Kier molecular flexibility index (Phi) is 3.96. The van der Waals surface area contributed by atoms with Crippen LogP contribution in [-0.4, -0.2) is 13.1 Å². The van der Waals surface area contributed by atoms with E-state index in [-0.39, 0.29) is 6.03 Å². The van der Waals surface area contributed by atoms with Crippen molar-refractivity contribution in [2.45, 2.75) is 0 Å². The van der Waals surface area contributed by atoms with Gasteiger partial charge in [-0.2, -0.15) is 5.26 Å². The number of nitrogens with one attached hydrogen (secondary N) is 1. The second-order valence-electron chi connectivity index (χ2n) is 4.16. The first-order valence-corrected chi connectivity index (χ1v) is 5.90. The van der Waals surface area contributed by atoms with Crippen LogP contribution in [0.2, 0.25) is 0 Å². The summed E-state index contributed by atoms with van der Waals surface area (Å²) in [7, 11) is 1.59. The fourth-order valence-electron chi connectivity index (χ4n) is 1.65. The standard InChI is InChI=1S/C15H12FN3O/c1-19(14-7-5-11(10-17)6-8-14)15(20)18-13-4-2-3-12(16)9-13/h2-9H,1H3,(H,18,20). The number of anilines is 2. The van der Waals surface area contributed by atoms with Gasteiger partial charge in [-0.3, -0.25) is 4.90 Å². The maximum atomic E-state index is 13.0. The molecule has 0 aliphatic heterocycles. The monoisotopic (exact) mass is 269 g/mol. The van der Waals surface area contributed by atoms with Crippen LogP contribution in [0.5, 0.6) is 0 Å². The van der Waals surface area contributed by atoms with Gasteiger partial charge in [0.2, 0.25) is 0 Å². The topological polar surface area (TPSA) is 56.1 Å². The molecular formula is C15H12FN3O. The molecule has 1 N–H and O–H groups in total. The molecule has 0 aliphatic rings. The van der Waals surface area contributed by atoms with Crippen molar-refractivity contribution in [3.63, 3.8) is 0 Å². The summed E-state index contributed by atoms with van der Waals surface area (Å²) in [5, 5.41) is 11.3. The molecule has 100 valence electrons. The number of hydrogen-bond acceptors (Lipinski definition) is 2. The van der Waals surface area contributed by atoms with Gasteiger partial charge in [-0.05, 0) is 42.5 Å². The van der Waals surface area contributed by atoms with Crippen LogP contribution in [0, 0.1) is 17.1 Å². The van der Waals surface area contributed by atoms with Crippen molar-refractivity contribution < 1.29 is 9.18 Å². The van der Waals surface area contributed by atoms with Crippen LogP contribution < -0.4 is 10.2 Å². The van der Waals surface area contributed by atoms with Gasteiger partial charge >= 0.3 is 6.03 Å². The lowest BCUT2D eigenvalue weighted by Crippen LogP contribution is -2.31. The van der Waals surface area contributed by atoms with E-state index in [1.807, 2.05) is 6.07 Å². The van der Waals surface area contributed by atoms with Crippen LogP contribution in [0.4, 0.5) is 20.6 Å². The third-order valence-corrected chi connectivity index (χ3v) is 2.76. The molecular weight excluding hydrogens is 257 g/mol. The largest absolute Gasteiger partial charge is 0.326 e. The van der Waals surface area contributed by atoms with Gasteiger partial charge in [0.25, 0.3) is 0 Å². The Balaban J connectivity index is 2.10. The van der Waals surface area contributed by atoms with Gasteiger partial charge in [-0.15, -0.1) is 0 Å². The SMILES string of the molecule is CN(C(=O)Nc1cccc(F)c1)c1ccc(C#N)cc1. The van der Waals surface area contributed by atoms with Gasteiger partial charge in [0.05, 0.1) is 11.6 Å². The molecule has 2 aromatic carbocycles. The number of urea groups is 1. The van der Waals surface area contributed by atoms with Gasteiger partial charge in [0.1, 0.15) is 5.82 Å². The van der Waals surface area contributed by atoms with Crippen molar-refractivity contribution in [1.29, 1.82) is 5.26 Å². The number of amides is 2. The zero-order valence-electron chi connectivity index (χ0n) is 10.8. The normalized spacial score (nSPS) is 9.65. The first kappa shape index (κ1) is 13.6. The highest BCUT2D eigenvalue weighted by Gasteiger charge is 2.11. The number of rotatable bonds is 2. The maximum Gasteiger partial charge on any atom is 0.326 e. The van der Waals surface area contributed by atoms with Crippen molar-refractivity contribution in [3.8, 4) is 6.07 Å².